The van der Waals surface area contributed by atoms with Crippen LogP contribution in [0.2, 0.25) is 0 Å². The molecule has 2 fully saturated rings. The molecule has 1 unspecified atom stereocenters. The van der Waals surface area contributed by atoms with E-state index in [1.54, 1.807) is 0 Å². The summed E-state index contributed by atoms with van der Waals surface area (Å²) in [6, 6.07) is 0.568. The summed E-state index contributed by atoms with van der Waals surface area (Å²) in [7, 11) is 0. The zero-order valence-corrected chi connectivity index (χ0v) is 9.28. The molecule has 1 atom stereocenters. The average molecular weight is 197 g/mol. The second-order valence-corrected chi connectivity index (χ2v) is 4.86. The summed E-state index contributed by atoms with van der Waals surface area (Å²) in [5, 5.41) is 0. The van der Waals surface area contributed by atoms with Crippen LogP contribution in [0.5, 0.6) is 0 Å². The van der Waals surface area contributed by atoms with E-state index >= 15 is 0 Å². The fraction of sp³-hybridized carbons (Fsp3) is 1.00. The molecule has 1 saturated carbocycles. The largest absolute Gasteiger partial charge is 0.329 e. The summed E-state index contributed by atoms with van der Waals surface area (Å²) >= 11 is 0. The highest BCUT2D eigenvalue weighted by molar-refractivity contribution is 4.82. The molecule has 2 aliphatic rings. The lowest BCUT2D eigenvalue weighted by atomic mass is 10.2. The van der Waals surface area contributed by atoms with Crippen molar-refractivity contribution in [2.75, 3.05) is 39.3 Å². The monoisotopic (exact) mass is 197 g/mol. The van der Waals surface area contributed by atoms with Gasteiger partial charge in [-0.15, -0.1) is 0 Å². The number of nitrogens with zero attached hydrogens (tertiary/aromatic N) is 2. The Bertz CT molecular complexity index is 171. The normalized spacial score (nSPS) is 27.9. The Labute approximate surface area is 87.2 Å². The summed E-state index contributed by atoms with van der Waals surface area (Å²) in [5.74, 6) is 1.04. The van der Waals surface area contributed by atoms with Crippen LogP contribution in [-0.2, 0) is 0 Å². The Morgan fingerprint density at radius 3 is 2.36 bits per heavy atom. The number of hydrogen-bond acceptors (Lipinski definition) is 3. The van der Waals surface area contributed by atoms with Crippen LogP contribution in [0.4, 0.5) is 0 Å². The molecule has 14 heavy (non-hydrogen) atoms. The summed E-state index contributed by atoms with van der Waals surface area (Å²) in [5.41, 5.74) is 5.67. The van der Waals surface area contributed by atoms with Crippen LogP contribution >= 0.6 is 0 Å². The first kappa shape index (κ1) is 10.4. The topological polar surface area (TPSA) is 32.5 Å². The fourth-order valence-electron chi connectivity index (χ4n) is 2.20. The van der Waals surface area contributed by atoms with Crippen molar-refractivity contribution in [1.82, 2.24) is 9.80 Å². The summed E-state index contributed by atoms with van der Waals surface area (Å²) < 4.78 is 0. The van der Waals surface area contributed by atoms with Crippen molar-refractivity contribution in [3.8, 4) is 0 Å². The lowest BCUT2D eigenvalue weighted by Gasteiger charge is -2.37. The van der Waals surface area contributed by atoms with E-state index in [-0.39, 0.29) is 0 Å². The lowest BCUT2D eigenvalue weighted by Crippen LogP contribution is -2.51. The van der Waals surface area contributed by atoms with Crippen molar-refractivity contribution in [1.29, 1.82) is 0 Å². The van der Waals surface area contributed by atoms with E-state index in [2.05, 4.69) is 16.7 Å². The maximum atomic E-state index is 5.67. The third kappa shape index (κ3) is 2.69. The Balaban J connectivity index is 1.68. The Morgan fingerprint density at radius 1 is 1.21 bits per heavy atom. The van der Waals surface area contributed by atoms with Crippen molar-refractivity contribution < 1.29 is 0 Å². The first-order valence-corrected chi connectivity index (χ1v) is 5.96. The minimum atomic E-state index is 0.568. The van der Waals surface area contributed by atoms with Gasteiger partial charge in [-0.25, -0.2) is 0 Å². The quantitative estimate of drug-likeness (QED) is 0.706. The Morgan fingerprint density at radius 2 is 1.86 bits per heavy atom. The minimum absolute atomic E-state index is 0.568. The number of hydrogen-bond donors (Lipinski definition) is 1. The predicted molar refractivity (Wildman–Crippen MR) is 59.3 cm³/mol. The molecule has 1 aliphatic heterocycles. The standard InChI is InChI=1S/C11H23N3/c1-10(8-12)14-6-4-13(5-7-14)9-11-2-3-11/h10-11H,2-9,12H2,1H3. The number of nitrogens with two attached hydrogens (primary N) is 1. The molecular weight excluding hydrogens is 174 g/mol. The molecule has 2 N–H and O–H groups in total. The van der Waals surface area contributed by atoms with E-state index in [1.807, 2.05) is 0 Å². The highest BCUT2D eigenvalue weighted by atomic mass is 15.3. The van der Waals surface area contributed by atoms with E-state index in [0.717, 1.165) is 12.5 Å². The van der Waals surface area contributed by atoms with Crippen LogP contribution in [0.15, 0.2) is 0 Å². The van der Waals surface area contributed by atoms with Gasteiger partial charge in [-0.3, -0.25) is 4.90 Å². The van der Waals surface area contributed by atoms with Gasteiger partial charge < -0.3 is 10.6 Å². The van der Waals surface area contributed by atoms with Crippen molar-refractivity contribution in [3.63, 3.8) is 0 Å². The molecule has 3 heteroatoms. The maximum absolute atomic E-state index is 5.67. The van der Waals surface area contributed by atoms with Crippen LogP contribution < -0.4 is 5.73 Å². The van der Waals surface area contributed by atoms with Crippen LogP contribution in [0.1, 0.15) is 19.8 Å². The molecule has 2 rings (SSSR count). The molecule has 1 aliphatic carbocycles. The first-order valence-electron chi connectivity index (χ1n) is 5.96. The number of piperazine rings is 1. The van der Waals surface area contributed by atoms with E-state index in [4.69, 9.17) is 5.73 Å². The average Bonchev–Trinajstić information content (AvgIpc) is 3.02. The zero-order valence-electron chi connectivity index (χ0n) is 9.28. The Hall–Kier alpha value is -0.120. The van der Waals surface area contributed by atoms with E-state index in [0.29, 0.717) is 6.04 Å². The van der Waals surface area contributed by atoms with Crippen molar-refractivity contribution >= 4 is 0 Å². The van der Waals surface area contributed by atoms with Crippen LogP contribution in [0.25, 0.3) is 0 Å². The van der Waals surface area contributed by atoms with Gasteiger partial charge in [-0.1, -0.05) is 0 Å². The summed E-state index contributed by atoms with van der Waals surface area (Å²) in [6.07, 6.45) is 2.94. The molecule has 3 nitrogen and oxygen atoms in total. The van der Waals surface area contributed by atoms with E-state index in [1.165, 1.54) is 45.6 Å². The van der Waals surface area contributed by atoms with Crippen molar-refractivity contribution in [3.05, 3.63) is 0 Å². The van der Waals surface area contributed by atoms with Gasteiger partial charge in [0.05, 0.1) is 0 Å². The van der Waals surface area contributed by atoms with Crippen LogP contribution in [-0.4, -0.2) is 55.1 Å². The van der Waals surface area contributed by atoms with Gasteiger partial charge in [0.15, 0.2) is 0 Å². The molecule has 0 spiro atoms. The van der Waals surface area contributed by atoms with Gasteiger partial charge in [0.25, 0.3) is 0 Å². The second kappa shape index (κ2) is 4.60. The van der Waals surface area contributed by atoms with E-state index < -0.39 is 0 Å². The van der Waals surface area contributed by atoms with Crippen LogP contribution in [0.3, 0.4) is 0 Å². The molecular formula is C11H23N3. The second-order valence-electron chi connectivity index (χ2n) is 4.86. The fourth-order valence-corrected chi connectivity index (χ4v) is 2.20. The van der Waals surface area contributed by atoms with Gasteiger partial charge in [-0.2, -0.15) is 0 Å². The predicted octanol–water partition coefficient (Wildman–Crippen LogP) is 0.361. The Kier molecular flexibility index (Phi) is 3.42. The summed E-state index contributed by atoms with van der Waals surface area (Å²) in [4.78, 5) is 5.14. The molecule has 0 radical (unpaired) electrons. The van der Waals surface area contributed by atoms with Crippen LogP contribution in [0, 0.1) is 5.92 Å². The highest BCUT2D eigenvalue weighted by Gasteiger charge is 2.27. The van der Waals surface area contributed by atoms with Crippen molar-refractivity contribution in [2.45, 2.75) is 25.8 Å². The lowest BCUT2D eigenvalue weighted by molar-refractivity contribution is 0.102. The molecule has 0 aromatic heterocycles. The van der Waals surface area contributed by atoms with Gasteiger partial charge >= 0.3 is 0 Å². The SMILES string of the molecule is CC(CN)N1CCN(CC2CC2)CC1. The van der Waals surface area contributed by atoms with Gasteiger partial charge in [0.2, 0.25) is 0 Å². The van der Waals surface area contributed by atoms with Gasteiger partial charge in [0, 0.05) is 45.3 Å². The minimum Gasteiger partial charge on any atom is -0.329 e. The smallest absolute Gasteiger partial charge is 0.0191 e. The van der Waals surface area contributed by atoms with Crippen molar-refractivity contribution in [2.24, 2.45) is 11.7 Å². The van der Waals surface area contributed by atoms with Gasteiger partial charge in [0.1, 0.15) is 0 Å². The molecule has 0 bridgehead atoms. The first-order chi connectivity index (χ1) is 6.79. The number of rotatable bonds is 4. The molecule has 0 aromatic carbocycles. The van der Waals surface area contributed by atoms with Gasteiger partial charge in [-0.05, 0) is 25.7 Å². The molecule has 1 heterocycles. The van der Waals surface area contributed by atoms with E-state index in [9.17, 15) is 0 Å². The third-order valence-electron chi connectivity index (χ3n) is 3.58. The molecule has 82 valence electrons. The molecule has 0 aromatic rings. The zero-order chi connectivity index (χ0) is 9.97. The maximum Gasteiger partial charge on any atom is 0.0191 e. The summed E-state index contributed by atoms with van der Waals surface area (Å²) in [6.45, 7) is 9.31. The molecule has 0 amide bonds. The molecule has 1 saturated heterocycles. The highest BCUT2D eigenvalue weighted by Crippen LogP contribution is 2.29. The third-order valence-corrected chi connectivity index (χ3v) is 3.58.